The summed E-state index contributed by atoms with van der Waals surface area (Å²) < 4.78 is 0. The van der Waals surface area contributed by atoms with Crippen LogP contribution in [-0.4, -0.2) is 11.9 Å². The number of amides is 1. The Morgan fingerprint density at radius 3 is 2.23 bits per heavy atom. The minimum atomic E-state index is -0.276. The van der Waals surface area contributed by atoms with Crippen LogP contribution in [0.25, 0.3) is 0 Å². The van der Waals surface area contributed by atoms with Crippen LogP contribution >= 0.6 is 11.6 Å². The van der Waals surface area contributed by atoms with E-state index in [0.29, 0.717) is 11.6 Å². The molecule has 0 saturated carbocycles. The molecule has 0 spiro atoms. The maximum Gasteiger partial charge on any atom is 0.241 e. The predicted molar refractivity (Wildman–Crippen MR) is 92.2 cm³/mol. The first kappa shape index (κ1) is 16.5. The van der Waals surface area contributed by atoms with Crippen molar-refractivity contribution in [2.75, 3.05) is 5.32 Å². The Kier molecular flexibility index (Phi) is 5.99. The summed E-state index contributed by atoms with van der Waals surface area (Å²) in [6.07, 6.45) is 0.993. The van der Waals surface area contributed by atoms with Gasteiger partial charge in [-0.1, -0.05) is 42.8 Å². The second kappa shape index (κ2) is 7.97. The van der Waals surface area contributed by atoms with Crippen molar-refractivity contribution in [2.45, 2.75) is 32.9 Å². The first-order chi connectivity index (χ1) is 10.6. The molecule has 2 aromatic rings. The third kappa shape index (κ3) is 4.86. The molecule has 116 valence electrons. The highest BCUT2D eigenvalue weighted by Crippen LogP contribution is 2.11. The van der Waals surface area contributed by atoms with Crippen molar-refractivity contribution in [1.82, 2.24) is 5.32 Å². The molecular weight excluding hydrogens is 296 g/mol. The van der Waals surface area contributed by atoms with Crippen LogP contribution in [0.4, 0.5) is 5.69 Å². The van der Waals surface area contributed by atoms with E-state index in [0.717, 1.165) is 17.7 Å². The molecule has 0 unspecified atom stereocenters. The van der Waals surface area contributed by atoms with E-state index in [4.69, 9.17) is 11.6 Å². The first-order valence-corrected chi connectivity index (χ1v) is 7.84. The Morgan fingerprint density at radius 1 is 1.05 bits per heavy atom. The Morgan fingerprint density at radius 2 is 1.64 bits per heavy atom. The van der Waals surface area contributed by atoms with Crippen LogP contribution in [0.5, 0.6) is 0 Å². The second-order valence-electron chi connectivity index (χ2n) is 5.27. The van der Waals surface area contributed by atoms with Gasteiger partial charge in [0.25, 0.3) is 0 Å². The number of rotatable bonds is 6. The lowest BCUT2D eigenvalue weighted by Gasteiger charge is -2.14. The highest BCUT2D eigenvalue weighted by Gasteiger charge is 2.12. The fraction of sp³-hybridized carbons (Fsp3) is 0.278. The first-order valence-electron chi connectivity index (χ1n) is 7.46. The monoisotopic (exact) mass is 316 g/mol. The topological polar surface area (TPSA) is 41.1 Å². The van der Waals surface area contributed by atoms with Crippen LogP contribution in [0, 0.1) is 0 Å². The number of halogens is 1. The van der Waals surface area contributed by atoms with E-state index in [-0.39, 0.29) is 11.9 Å². The maximum atomic E-state index is 12.1. The van der Waals surface area contributed by atoms with Gasteiger partial charge in [0.05, 0.1) is 6.04 Å². The van der Waals surface area contributed by atoms with Crippen LogP contribution in [-0.2, 0) is 17.8 Å². The zero-order valence-electron chi connectivity index (χ0n) is 12.9. The van der Waals surface area contributed by atoms with Gasteiger partial charge in [-0.05, 0) is 48.7 Å². The zero-order chi connectivity index (χ0) is 15.9. The zero-order valence-corrected chi connectivity index (χ0v) is 13.7. The Hall–Kier alpha value is -1.84. The molecule has 4 heteroatoms. The SMILES string of the molecule is CCc1ccc(NC(=O)[C@H](C)NCc2ccc(Cl)cc2)cc1. The number of hydrogen-bond donors (Lipinski definition) is 2. The van der Waals surface area contributed by atoms with Gasteiger partial charge in [0, 0.05) is 17.3 Å². The minimum Gasteiger partial charge on any atom is -0.325 e. The molecule has 2 N–H and O–H groups in total. The van der Waals surface area contributed by atoms with Crippen molar-refractivity contribution in [3.05, 3.63) is 64.7 Å². The average Bonchev–Trinajstić information content (AvgIpc) is 2.54. The number of anilines is 1. The third-order valence-electron chi connectivity index (χ3n) is 3.55. The fourth-order valence-electron chi connectivity index (χ4n) is 2.04. The van der Waals surface area contributed by atoms with E-state index in [9.17, 15) is 4.79 Å². The van der Waals surface area contributed by atoms with E-state index in [1.807, 2.05) is 55.5 Å². The molecule has 0 fully saturated rings. The molecule has 0 saturated heterocycles. The van der Waals surface area contributed by atoms with Gasteiger partial charge in [-0.25, -0.2) is 0 Å². The largest absolute Gasteiger partial charge is 0.325 e. The highest BCUT2D eigenvalue weighted by molar-refractivity contribution is 6.30. The highest BCUT2D eigenvalue weighted by atomic mass is 35.5. The summed E-state index contributed by atoms with van der Waals surface area (Å²) in [4.78, 5) is 12.1. The molecule has 1 amide bonds. The van der Waals surface area contributed by atoms with Crippen molar-refractivity contribution >= 4 is 23.2 Å². The molecule has 0 aliphatic carbocycles. The van der Waals surface area contributed by atoms with Gasteiger partial charge in [-0.2, -0.15) is 0 Å². The summed E-state index contributed by atoms with van der Waals surface area (Å²) in [6.45, 7) is 4.59. The van der Waals surface area contributed by atoms with Crippen molar-refractivity contribution < 1.29 is 4.79 Å². The third-order valence-corrected chi connectivity index (χ3v) is 3.80. The van der Waals surface area contributed by atoms with Crippen LogP contribution in [0.1, 0.15) is 25.0 Å². The average molecular weight is 317 g/mol. The predicted octanol–water partition coefficient (Wildman–Crippen LogP) is 4.02. The molecule has 2 aromatic carbocycles. The van der Waals surface area contributed by atoms with E-state index in [2.05, 4.69) is 17.6 Å². The van der Waals surface area contributed by atoms with Crippen molar-refractivity contribution in [2.24, 2.45) is 0 Å². The summed E-state index contributed by atoms with van der Waals surface area (Å²) >= 11 is 5.85. The molecule has 0 aliphatic heterocycles. The standard InChI is InChI=1S/C18H21ClN2O/c1-3-14-6-10-17(11-7-14)21-18(22)13(2)20-12-15-4-8-16(19)9-5-15/h4-11,13,20H,3,12H2,1-2H3,(H,21,22)/t13-/m0/s1. The second-order valence-corrected chi connectivity index (χ2v) is 5.71. The van der Waals surface area contributed by atoms with E-state index >= 15 is 0 Å². The summed E-state index contributed by atoms with van der Waals surface area (Å²) in [7, 11) is 0. The minimum absolute atomic E-state index is 0.0433. The number of carbonyl (C=O) groups excluding carboxylic acids is 1. The number of carbonyl (C=O) groups is 1. The smallest absolute Gasteiger partial charge is 0.241 e. The normalized spacial score (nSPS) is 12.0. The van der Waals surface area contributed by atoms with Gasteiger partial charge in [0.2, 0.25) is 5.91 Å². The number of hydrogen-bond acceptors (Lipinski definition) is 2. The number of benzene rings is 2. The molecule has 0 heterocycles. The molecule has 0 radical (unpaired) electrons. The molecule has 0 bridgehead atoms. The van der Waals surface area contributed by atoms with Gasteiger partial charge < -0.3 is 10.6 Å². The molecule has 0 aliphatic rings. The van der Waals surface area contributed by atoms with E-state index in [1.54, 1.807) is 0 Å². The summed E-state index contributed by atoms with van der Waals surface area (Å²) in [5, 5.41) is 6.83. The molecule has 22 heavy (non-hydrogen) atoms. The lowest BCUT2D eigenvalue weighted by Crippen LogP contribution is -2.37. The maximum absolute atomic E-state index is 12.1. The molecule has 3 nitrogen and oxygen atoms in total. The van der Waals surface area contributed by atoms with Crippen LogP contribution < -0.4 is 10.6 Å². The quantitative estimate of drug-likeness (QED) is 0.845. The molecular formula is C18H21ClN2O. The lowest BCUT2D eigenvalue weighted by molar-refractivity contribution is -0.117. The number of aryl methyl sites for hydroxylation is 1. The Bertz CT molecular complexity index is 608. The van der Waals surface area contributed by atoms with Gasteiger partial charge >= 0.3 is 0 Å². The fourth-order valence-corrected chi connectivity index (χ4v) is 2.17. The van der Waals surface area contributed by atoms with Crippen LogP contribution in [0.15, 0.2) is 48.5 Å². The molecule has 0 aromatic heterocycles. The van der Waals surface area contributed by atoms with Gasteiger partial charge in [0.1, 0.15) is 0 Å². The van der Waals surface area contributed by atoms with Gasteiger partial charge in [0.15, 0.2) is 0 Å². The number of nitrogens with one attached hydrogen (secondary N) is 2. The lowest BCUT2D eigenvalue weighted by atomic mass is 10.1. The summed E-state index contributed by atoms with van der Waals surface area (Å²) in [6, 6.07) is 15.2. The summed E-state index contributed by atoms with van der Waals surface area (Å²) in [5.74, 6) is -0.0433. The van der Waals surface area contributed by atoms with Crippen molar-refractivity contribution in [3.63, 3.8) is 0 Å². The Balaban J connectivity index is 1.84. The Labute approximate surface area is 136 Å². The van der Waals surface area contributed by atoms with E-state index < -0.39 is 0 Å². The van der Waals surface area contributed by atoms with Gasteiger partial charge in [-0.15, -0.1) is 0 Å². The molecule has 1 atom stereocenters. The van der Waals surface area contributed by atoms with Crippen LogP contribution in [0.2, 0.25) is 5.02 Å². The van der Waals surface area contributed by atoms with E-state index in [1.165, 1.54) is 5.56 Å². The van der Waals surface area contributed by atoms with Crippen LogP contribution in [0.3, 0.4) is 0 Å². The molecule has 2 rings (SSSR count). The summed E-state index contributed by atoms with van der Waals surface area (Å²) in [5.41, 5.74) is 3.17. The van der Waals surface area contributed by atoms with Crippen molar-refractivity contribution in [1.29, 1.82) is 0 Å². The van der Waals surface area contributed by atoms with Crippen molar-refractivity contribution in [3.8, 4) is 0 Å². The van der Waals surface area contributed by atoms with Gasteiger partial charge in [-0.3, -0.25) is 4.79 Å².